The molecule has 1 fully saturated rings. The molecule has 0 radical (unpaired) electrons. The first-order valence-electron chi connectivity index (χ1n) is 7.69. The summed E-state index contributed by atoms with van der Waals surface area (Å²) in [6.07, 6.45) is 0. The average Bonchev–Trinajstić information content (AvgIpc) is 2.57. The van der Waals surface area contributed by atoms with Gasteiger partial charge in [-0.3, -0.25) is 9.59 Å². The first kappa shape index (κ1) is 17.3. The molecule has 0 saturated carbocycles. The van der Waals surface area contributed by atoms with Crippen LogP contribution < -0.4 is 4.73 Å². The topological polar surface area (TPSA) is 84.5 Å². The van der Waals surface area contributed by atoms with Gasteiger partial charge in [0.05, 0.1) is 13.0 Å². The molecule has 0 N–H and O–H groups in total. The summed E-state index contributed by atoms with van der Waals surface area (Å²) in [5.41, 5.74) is 1.34. The van der Waals surface area contributed by atoms with E-state index < -0.39 is 29.6 Å². The van der Waals surface area contributed by atoms with Crippen LogP contribution in [0.1, 0.15) is 50.8 Å². The van der Waals surface area contributed by atoms with Crippen molar-refractivity contribution in [2.24, 2.45) is 18.9 Å². The molecule has 0 amide bonds. The standard InChI is InChI=1S/C16H24N2O5/c1-8(2)11(13-17(7)9(3)10(4)18(13)21)12-14(19)22-16(5,6)23-15(12)20/h8,11-12H,1-7H3/t11-/m0/s1. The van der Waals surface area contributed by atoms with E-state index in [-0.39, 0.29) is 5.92 Å². The molecule has 2 rings (SSSR count). The predicted molar refractivity (Wildman–Crippen MR) is 81.2 cm³/mol. The summed E-state index contributed by atoms with van der Waals surface area (Å²) >= 11 is 0. The van der Waals surface area contributed by atoms with Crippen molar-refractivity contribution in [3.63, 3.8) is 0 Å². The lowest BCUT2D eigenvalue weighted by Crippen LogP contribution is -2.51. The molecule has 1 atom stereocenters. The zero-order valence-electron chi connectivity index (χ0n) is 14.7. The van der Waals surface area contributed by atoms with Crippen molar-refractivity contribution in [2.45, 2.75) is 53.2 Å². The fourth-order valence-corrected chi connectivity index (χ4v) is 3.08. The number of aromatic nitrogens is 2. The van der Waals surface area contributed by atoms with Gasteiger partial charge in [0.1, 0.15) is 11.4 Å². The highest BCUT2D eigenvalue weighted by Crippen LogP contribution is 2.37. The molecule has 0 unspecified atom stereocenters. The van der Waals surface area contributed by atoms with Crippen LogP contribution in [0.4, 0.5) is 0 Å². The first-order chi connectivity index (χ1) is 10.5. The number of cyclic esters (lactones) is 2. The molecule has 0 bridgehead atoms. The van der Waals surface area contributed by atoms with Gasteiger partial charge >= 0.3 is 11.9 Å². The van der Waals surface area contributed by atoms with Gasteiger partial charge in [-0.2, -0.15) is 0 Å². The number of hydrogen-bond donors (Lipinski definition) is 0. The van der Waals surface area contributed by atoms with Crippen molar-refractivity contribution in [1.82, 2.24) is 4.57 Å². The molecule has 23 heavy (non-hydrogen) atoms. The van der Waals surface area contributed by atoms with Crippen LogP contribution in [0.15, 0.2) is 0 Å². The normalized spacial score (nSPS) is 19.7. The van der Waals surface area contributed by atoms with E-state index in [0.717, 1.165) is 10.4 Å². The number of esters is 2. The van der Waals surface area contributed by atoms with Gasteiger partial charge in [-0.25, -0.2) is 9.30 Å². The van der Waals surface area contributed by atoms with Crippen molar-refractivity contribution >= 4 is 11.9 Å². The van der Waals surface area contributed by atoms with Crippen molar-refractivity contribution in [3.05, 3.63) is 22.4 Å². The minimum Gasteiger partial charge on any atom is -0.711 e. The SMILES string of the molecule is Cc1c(C)[n+]([O-])c([C@@H](C(C)C)C2C(=O)OC(C)(C)OC2=O)n1C. The Hall–Kier alpha value is -2.05. The molecule has 1 aliphatic heterocycles. The molecule has 1 saturated heterocycles. The summed E-state index contributed by atoms with van der Waals surface area (Å²) in [6, 6.07) is 0. The van der Waals surface area contributed by atoms with E-state index in [0.29, 0.717) is 11.5 Å². The zero-order valence-corrected chi connectivity index (χ0v) is 14.7. The Morgan fingerprint density at radius 3 is 2.00 bits per heavy atom. The van der Waals surface area contributed by atoms with Gasteiger partial charge in [-0.15, -0.1) is 0 Å². The van der Waals surface area contributed by atoms with E-state index in [2.05, 4.69) is 0 Å². The molecule has 7 heteroatoms. The summed E-state index contributed by atoms with van der Waals surface area (Å²) in [6.45, 7) is 10.3. The van der Waals surface area contributed by atoms with Crippen molar-refractivity contribution in [2.75, 3.05) is 0 Å². The first-order valence-corrected chi connectivity index (χ1v) is 7.69. The van der Waals surface area contributed by atoms with Gasteiger partial charge in [0, 0.05) is 27.7 Å². The largest absolute Gasteiger partial charge is 0.711 e. The third-order valence-corrected chi connectivity index (χ3v) is 4.46. The molecule has 0 aromatic carbocycles. The predicted octanol–water partition coefficient (Wildman–Crippen LogP) is 1.47. The second-order valence-electron chi connectivity index (χ2n) is 6.87. The minimum atomic E-state index is -1.28. The molecule has 1 aromatic heterocycles. The zero-order chi connectivity index (χ0) is 17.7. The molecule has 0 aliphatic carbocycles. The minimum absolute atomic E-state index is 0.131. The van der Waals surface area contributed by atoms with Crippen LogP contribution >= 0.6 is 0 Å². The highest BCUT2D eigenvalue weighted by atomic mass is 16.7. The maximum atomic E-state index is 12.5. The molecule has 2 heterocycles. The van der Waals surface area contributed by atoms with Crippen LogP contribution in [0.3, 0.4) is 0 Å². The second kappa shape index (κ2) is 5.54. The maximum absolute atomic E-state index is 12.5. The van der Waals surface area contributed by atoms with Crippen molar-refractivity contribution in [1.29, 1.82) is 0 Å². The summed E-state index contributed by atoms with van der Waals surface area (Å²) in [5.74, 6) is -4.11. The number of nitrogens with zero attached hydrogens (tertiary/aromatic N) is 2. The molecular weight excluding hydrogens is 300 g/mol. The van der Waals surface area contributed by atoms with Gasteiger partial charge in [-0.05, 0) is 5.92 Å². The second-order valence-corrected chi connectivity index (χ2v) is 6.87. The fourth-order valence-electron chi connectivity index (χ4n) is 3.08. The molecule has 1 aromatic rings. The van der Waals surface area contributed by atoms with E-state index in [1.807, 2.05) is 20.8 Å². The number of hydrogen-bond acceptors (Lipinski definition) is 5. The van der Waals surface area contributed by atoms with E-state index in [1.54, 1.807) is 18.5 Å². The molecule has 0 spiro atoms. The van der Waals surface area contributed by atoms with Gasteiger partial charge in [-0.1, -0.05) is 13.8 Å². The van der Waals surface area contributed by atoms with Gasteiger partial charge < -0.3 is 14.7 Å². The molecule has 128 valence electrons. The van der Waals surface area contributed by atoms with E-state index in [1.165, 1.54) is 13.8 Å². The quantitative estimate of drug-likeness (QED) is 0.364. The van der Waals surface area contributed by atoms with Gasteiger partial charge in [0.25, 0.3) is 11.6 Å². The number of rotatable bonds is 3. The third-order valence-electron chi connectivity index (χ3n) is 4.46. The Morgan fingerprint density at radius 1 is 1.17 bits per heavy atom. The number of carbonyl (C=O) groups is 2. The summed E-state index contributed by atoms with van der Waals surface area (Å²) in [7, 11) is 1.75. The highest BCUT2D eigenvalue weighted by molar-refractivity contribution is 5.97. The van der Waals surface area contributed by atoms with E-state index >= 15 is 0 Å². The monoisotopic (exact) mass is 324 g/mol. The number of carbonyl (C=O) groups excluding carboxylic acids is 2. The van der Waals surface area contributed by atoms with Crippen LogP contribution in [0, 0.1) is 30.9 Å². The molecule has 7 nitrogen and oxygen atoms in total. The van der Waals surface area contributed by atoms with Crippen LogP contribution in [0.5, 0.6) is 0 Å². The average molecular weight is 324 g/mol. The van der Waals surface area contributed by atoms with Crippen molar-refractivity contribution < 1.29 is 23.8 Å². The van der Waals surface area contributed by atoms with Crippen molar-refractivity contribution in [3.8, 4) is 0 Å². The van der Waals surface area contributed by atoms with Crippen LogP contribution in [-0.2, 0) is 26.1 Å². The Morgan fingerprint density at radius 2 is 1.65 bits per heavy atom. The summed E-state index contributed by atoms with van der Waals surface area (Å²) in [5, 5.41) is 12.5. The van der Waals surface area contributed by atoms with E-state index in [4.69, 9.17) is 9.47 Å². The summed E-state index contributed by atoms with van der Waals surface area (Å²) in [4.78, 5) is 24.8. The Kier molecular flexibility index (Phi) is 4.17. The smallest absolute Gasteiger partial charge is 0.324 e. The van der Waals surface area contributed by atoms with Crippen LogP contribution in [0.25, 0.3) is 0 Å². The lowest BCUT2D eigenvalue weighted by Gasteiger charge is -2.36. The third kappa shape index (κ3) is 2.80. The Labute approximate surface area is 135 Å². The van der Waals surface area contributed by atoms with Gasteiger partial charge in [0.2, 0.25) is 0 Å². The van der Waals surface area contributed by atoms with Crippen LogP contribution in [0.2, 0.25) is 0 Å². The van der Waals surface area contributed by atoms with Gasteiger partial charge in [0.15, 0.2) is 5.92 Å². The van der Waals surface area contributed by atoms with E-state index in [9.17, 15) is 14.8 Å². The fraction of sp³-hybridized carbons (Fsp3) is 0.688. The number of ether oxygens (including phenoxy) is 2. The lowest BCUT2D eigenvalue weighted by atomic mass is 9.82. The molecular formula is C16H24N2O5. The highest BCUT2D eigenvalue weighted by Gasteiger charge is 2.51. The Bertz CT molecular complexity index is 614. The van der Waals surface area contributed by atoms with Crippen LogP contribution in [-0.4, -0.2) is 22.3 Å². The Balaban J connectivity index is 2.55. The molecule has 1 aliphatic rings. The maximum Gasteiger partial charge on any atom is 0.324 e. The summed E-state index contributed by atoms with van der Waals surface area (Å²) < 4.78 is 13.0. The number of imidazole rings is 1. The lowest BCUT2D eigenvalue weighted by molar-refractivity contribution is -0.622.